The van der Waals surface area contributed by atoms with Gasteiger partial charge in [-0.1, -0.05) is 30.1 Å². The number of rotatable bonds is 5. The summed E-state index contributed by atoms with van der Waals surface area (Å²) in [6.45, 7) is 1.77. The van der Waals surface area contributed by atoms with Crippen LogP contribution in [-0.4, -0.2) is 15.5 Å². The van der Waals surface area contributed by atoms with Crippen LogP contribution in [0, 0.1) is 0 Å². The SMILES string of the molecule is CC[C@@H](C(N)=O)n1cnc2ccc(Oc3ccc(Cl)cc3Cl)cc2c1=O. The van der Waals surface area contributed by atoms with E-state index in [0.717, 1.165) is 0 Å². The molecule has 0 bridgehead atoms. The van der Waals surface area contributed by atoms with E-state index >= 15 is 0 Å². The van der Waals surface area contributed by atoms with Crippen LogP contribution >= 0.6 is 23.2 Å². The molecule has 0 fully saturated rings. The summed E-state index contributed by atoms with van der Waals surface area (Å²) in [4.78, 5) is 28.6. The van der Waals surface area contributed by atoms with Crippen LogP contribution in [-0.2, 0) is 4.79 Å². The van der Waals surface area contributed by atoms with Crippen LogP contribution in [0.15, 0.2) is 47.5 Å². The third-order valence-electron chi connectivity index (χ3n) is 3.93. The molecule has 8 heteroatoms. The molecule has 0 unspecified atom stereocenters. The summed E-state index contributed by atoms with van der Waals surface area (Å²) in [5.41, 5.74) is 5.50. The second-order valence-electron chi connectivity index (χ2n) is 5.64. The summed E-state index contributed by atoms with van der Waals surface area (Å²) in [7, 11) is 0. The number of carbonyl (C=O) groups excluding carboxylic acids is 1. The molecule has 0 saturated carbocycles. The average Bonchev–Trinajstić information content (AvgIpc) is 2.60. The summed E-state index contributed by atoms with van der Waals surface area (Å²) in [5.74, 6) is 0.227. The Kier molecular flexibility index (Phi) is 5.15. The minimum atomic E-state index is -0.755. The summed E-state index contributed by atoms with van der Waals surface area (Å²) in [5, 5.41) is 1.15. The Balaban J connectivity index is 2.05. The predicted octanol–water partition coefficient (Wildman–Crippen LogP) is 3.93. The Morgan fingerprint density at radius 1 is 1.27 bits per heavy atom. The smallest absolute Gasteiger partial charge is 0.262 e. The first-order valence-electron chi connectivity index (χ1n) is 7.84. The molecule has 1 heterocycles. The van der Waals surface area contributed by atoms with Gasteiger partial charge in [0.05, 0.1) is 22.3 Å². The first-order valence-corrected chi connectivity index (χ1v) is 8.59. The molecular weight excluding hydrogens is 377 g/mol. The lowest BCUT2D eigenvalue weighted by Gasteiger charge is -2.15. The number of hydrogen-bond acceptors (Lipinski definition) is 4. The second-order valence-corrected chi connectivity index (χ2v) is 6.48. The highest BCUT2D eigenvalue weighted by molar-refractivity contribution is 6.35. The molecule has 0 spiro atoms. The van der Waals surface area contributed by atoms with Crippen LogP contribution in [0.4, 0.5) is 0 Å². The topological polar surface area (TPSA) is 87.2 Å². The van der Waals surface area contributed by atoms with Crippen molar-refractivity contribution in [3.05, 3.63) is 63.1 Å². The van der Waals surface area contributed by atoms with E-state index < -0.39 is 11.9 Å². The van der Waals surface area contributed by atoms with Gasteiger partial charge in [0, 0.05) is 5.02 Å². The third-order valence-corrected chi connectivity index (χ3v) is 4.46. The molecule has 0 aliphatic carbocycles. The zero-order chi connectivity index (χ0) is 18.8. The molecule has 3 rings (SSSR count). The molecule has 1 atom stereocenters. The lowest BCUT2D eigenvalue weighted by atomic mass is 10.2. The molecule has 1 amide bonds. The predicted molar refractivity (Wildman–Crippen MR) is 101 cm³/mol. The van der Waals surface area contributed by atoms with E-state index in [1.807, 2.05) is 0 Å². The number of aromatic nitrogens is 2. The number of benzene rings is 2. The van der Waals surface area contributed by atoms with Gasteiger partial charge < -0.3 is 10.5 Å². The maximum atomic E-state index is 12.8. The summed E-state index contributed by atoms with van der Waals surface area (Å²) in [6, 6.07) is 8.98. The molecule has 2 aromatic carbocycles. The number of halogens is 2. The van der Waals surface area contributed by atoms with Gasteiger partial charge in [0.1, 0.15) is 17.5 Å². The summed E-state index contributed by atoms with van der Waals surface area (Å²) in [6.07, 6.45) is 1.72. The Hall–Kier alpha value is -2.57. The van der Waals surface area contributed by atoms with E-state index in [4.69, 9.17) is 33.7 Å². The first kappa shape index (κ1) is 18.2. The molecule has 6 nitrogen and oxygen atoms in total. The van der Waals surface area contributed by atoms with Crippen molar-refractivity contribution in [3.8, 4) is 11.5 Å². The molecule has 26 heavy (non-hydrogen) atoms. The number of nitrogens with two attached hydrogens (primary N) is 1. The Morgan fingerprint density at radius 2 is 2.04 bits per heavy atom. The van der Waals surface area contributed by atoms with Crippen molar-refractivity contribution in [1.29, 1.82) is 0 Å². The summed E-state index contributed by atoms with van der Waals surface area (Å²) >= 11 is 12.0. The molecule has 3 aromatic rings. The number of carbonyl (C=O) groups is 1. The van der Waals surface area contributed by atoms with Crippen molar-refractivity contribution < 1.29 is 9.53 Å². The van der Waals surface area contributed by atoms with Gasteiger partial charge in [-0.15, -0.1) is 0 Å². The average molecular weight is 392 g/mol. The summed E-state index contributed by atoms with van der Waals surface area (Å²) < 4.78 is 6.98. The molecule has 0 aliphatic rings. The minimum absolute atomic E-state index is 0.315. The zero-order valence-corrected chi connectivity index (χ0v) is 15.3. The van der Waals surface area contributed by atoms with Crippen molar-refractivity contribution in [2.45, 2.75) is 19.4 Å². The number of primary amides is 1. The van der Waals surface area contributed by atoms with Crippen LogP contribution in [0.2, 0.25) is 10.0 Å². The fourth-order valence-electron chi connectivity index (χ4n) is 2.62. The van der Waals surface area contributed by atoms with E-state index in [2.05, 4.69) is 4.98 Å². The van der Waals surface area contributed by atoms with Crippen molar-refractivity contribution in [1.82, 2.24) is 9.55 Å². The number of ether oxygens (including phenoxy) is 1. The number of amides is 1. The van der Waals surface area contributed by atoms with Gasteiger partial charge in [-0.25, -0.2) is 4.98 Å². The quantitative estimate of drug-likeness (QED) is 0.713. The van der Waals surface area contributed by atoms with Gasteiger partial charge in [-0.05, 0) is 42.8 Å². The van der Waals surface area contributed by atoms with Crippen LogP contribution in [0.25, 0.3) is 10.9 Å². The number of nitrogens with zero attached hydrogens (tertiary/aromatic N) is 2. The van der Waals surface area contributed by atoms with Crippen molar-refractivity contribution >= 4 is 40.0 Å². The number of fused-ring (bicyclic) bond motifs is 1. The molecule has 0 radical (unpaired) electrons. The van der Waals surface area contributed by atoms with E-state index in [-0.39, 0.29) is 5.56 Å². The van der Waals surface area contributed by atoms with Crippen LogP contribution in [0.3, 0.4) is 0 Å². The second kappa shape index (κ2) is 7.35. The maximum Gasteiger partial charge on any atom is 0.262 e. The fourth-order valence-corrected chi connectivity index (χ4v) is 3.07. The monoisotopic (exact) mass is 391 g/mol. The molecule has 1 aromatic heterocycles. The molecule has 0 saturated heterocycles. The van der Waals surface area contributed by atoms with Gasteiger partial charge in [-0.2, -0.15) is 0 Å². The van der Waals surface area contributed by atoms with Crippen LogP contribution < -0.4 is 16.0 Å². The normalized spacial score (nSPS) is 12.1. The van der Waals surface area contributed by atoms with Crippen LogP contribution in [0.1, 0.15) is 19.4 Å². The maximum absolute atomic E-state index is 12.8. The zero-order valence-electron chi connectivity index (χ0n) is 13.8. The largest absolute Gasteiger partial charge is 0.456 e. The van der Waals surface area contributed by atoms with Crippen molar-refractivity contribution in [2.24, 2.45) is 5.73 Å². The first-order chi connectivity index (χ1) is 12.4. The highest BCUT2D eigenvalue weighted by atomic mass is 35.5. The minimum Gasteiger partial charge on any atom is -0.456 e. The van der Waals surface area contributed by atoms with Gasteiger partial charge in [-0.3, -0.25) is 14.2 Å². The van der Waals surface area contributed by atoms with Crippen molar-refractivity contribution in [2.75, 3.05) is 0 Å². The molecule has 134 valence electrons. The highest BCUT2D eigenvalue weighted by Crippen LogP contribution is 2.32. The number of hydrogen-bond donors (Lipinski definition) is 1. The standard InChI is InChI=1S/C18H15Cl2N3O3/c1-2-15(17(21)24)23-9-22-14-5-4-11(8-12(14)18(23)25)26-16-6-3-10(19)7-13(16)20/h3-9,15H,2H2,1H3,(H2,21,24)/t15-/m0/s1. The van der Waals surface area contributed by atoms with Crippen molar-refractivity contribution in [3.63, 3.8) is 0 Å². The van der Waals surface area contributed by atoms with Gasteiger partial charge >= 0.3 is 0 Å². The Morgan fingerprint density at radius 3 is 2.69 bits per heavy atom. The third kappa shape index (κ3) is 3.52. The molecular formula is C18H15Cl2N3O3. The lowest BCUT2D eigenvalue weighted by Crippen LogP contribution is -2.33. The lowest BCUT2D eigenvalue weighted by molar-refractivity contribution is -0.121. The van der Waals surface area contributed by atoms with Gasteiger partial charge in [0.2, 0.25) is 5.91 Å². The Labute approximate surface area is 159 Å². The van der Waals surface area contributed by atoms with Gasteiger partial charge in [0.15, 0.2) is 0 Å². The molecule has 0 aliphatic heterocycles. The fraction of sp³-hybridized carbons (Fsp3) is 0.167. The van der Waals surface area contributed by atoms with Gasteiger partial charge in [0.25, 0.3) is 5.56 Å². The Bertz CT molecular complexity index is 1050. The van der Waals surface area contributed by atoms with E-state index in [9.17, 15) is 9.59 Å². The van der Waals surface area contributed by atoms with E-state index in [0.29, 0.717) is 38.9 Å². The highest BCUT2D eigenvalue weighted by Gasteiger charge is 2.18. The molecule has 2 N–H and O–H groups in total. The van der Waals surface area contributed by atoms with E-state index in [1.165, 1.54) is 10.9 Å². The van der Waals surface area contributed by atoms with E-state index in [1.54, 1.807) is 43.3 Å². The van der Waals surface area contributed by atoms with Crippen LogP contribution in [0.5, 0.6) is 11.5 Å².